The van der Waals surface area contributed by atoms with Crippen LogP contribution in [0.3, 0.4) is 0 Å². The quantitative estimate of drug-likeness (QED) is 0.161. The fourth-order valence-electron chi connectivity index (χ4n) is 8.99. The molecule has 12 rings (SSSR count). The van der Waals surface area contributed by atoms with Crippen molar-refractivity contribution in [2.24, 2.45) is 0 Å². The van der Waals surface area contributed by atoms with Crippen LogP contribution in [0.1, 0.15) is 0 Å². The molecule has 0 saturated heterocycles. The molecule has 0 aliphatic carbocycles. The highest BCUT2D eigenvalue weighted by Crippen LogP contribution is 2.43. The summed E-state index contributed by atoms with van der Waals surface area (Å²) >= 11 is 0. The molecule has 0 amide bonds. The molecule has 0 fully saturated rings. The Balaban J connectivity index is 1.11. The minimum absolute atomic E-state index is 0.590. The van der Waals surface area contributed by atoms with Crippen LogP contribution in [0.5, 0.6) is 0 Å². The number of para-hydroxylation sites is 2. The fraction of sp³-hybridized carbons (Fsp3) is 0. The first-order valence-corrected chi connectivity index (χ1v) is 20.8. The lowest BCUT2D eigenvalue weighted by Crippen LogP contribution is -2.01. The van der Waals surface area contributed by atoms with Crippen molar-refractivity contribution in [1.29, 1.82) is 0 Å². The Kier molecular flexibility index (Phi) is 8.38. The third-order valence-corrected chi connectivity index (χ3v) is 11.8. The maximum atomic E-state index is 5.45. The molecular formula is C56H36N6. The van der Waals surface area contributed by atoms with Gasteiger partial charge in [0.25, 0.3) is 0 Å². The van der Waals surface area contributed by atoms with Crippen molar-refractivity contribution >= 4 is 38.1 Å². The summed E-state index contributed by atoms with van der Waals surface area (Å²) in [6, 6.07) is 76.1. The third-order valence-electron chi connectivity index (χ3n) is 11.8. The minimum Gasteiger partial charge on any atom is -0.309 e. The second-order valence-corrected chi connectivity index (χ2v) is 15.5. The monoisotopic (exact) mass is 792 g/mol. The molecule has 4 aromatic heterocycles. The third kappa shape index (κ3) is 5.88. The van der Waals surface area contributed by atoms with E-state index in [4.69, 9.17) is 20.1 Å². The standard InChI is InChI=1S/C56H36N6/c1-5-19-37(20-6-1)49-36-40-25-13-14-30-44(40)53-50(52(60-62(49)53)38-21-7-2-8-22-38)41-26-17-27-42(35-41)55-57-54(39-23-9-3-10-24-39)58-56(59-55)46-32-18-34-48-51(46)45-31-15-16-33-47(45)61(48)43-28-11-4-12-29-43/h1-36H. The number of aromatic nitrogens is 6. The van der Waals surface area contributed by atoms with Gasteiger partial charge in [-0.05, 0) is 47.3 Å². The van der Waals surface area contributed by atoms with Crippen molar-refractivity contribution < 1.29 is 0 Å². The van der Waals surface area contributed by atoms with E-state index in [0.29, 0.717) is 17.5 Å². The van der Waals surface area contributed by atoms with Crippen molar-refractivity contribution in [1.82, 2.24) is 29.1 Å². The summed E-state index contributed by atoms with van der Waals surface area (Å²) in [4.78, 5) is 15.8. The summed E-state index contributed by atoms with van der Waals surface area (Å²) in [7, 11) is 0. The van der Waals surface area contributed by atoms with Crippen LogP contribution in [0, 0.1) is 0 Å². The Hall–Kier alpha value is -8.48. The zero-order chi connectivity index (χ0) is 41.0. The molecule has 6 nitrogen and oxygen atoms in total. The van der Waals surface area contributed by atoms with Crippen molar-refractivity contribution in [2.75, 3.05) is 0 Å². The van der Waals surface area contributed by atoms with Crippen LogP contribution >= 0.6 is 0 Å². The van der Waals surface area contributed by atoms with Gasteiger partial charge in [0.05, 0.1) is 22.2 Å². The first-order chi connectivity index (χ1) is 30.8. The molecule has 8 aromatic carbocycles. The molecule has 0 N–H and O–H groups in total. The number of nitrogens with zero attached hydrogens (tertiary/aromatic N) is 6. The number of pyridine rings is 1. The van der Waals surface area contributed by atoms with Crippen LogP contribution in [0.25, 0.3) is 112 Å². The number of benzene rings is 8. The molecule has 0 bridgehead atoms. The van der Waals surface area contributed by atoms with E-state index in [0.717, 1.165) is 94.1 Å². The molecule has 0 aliphatic heterocycles. The first kappa shape index (κ1) is 35.5. The van der Waals surface area contributed by atoms with Crippen molar-refractivity contribution in [2.45, 2.75) is 0 Å². The minimum atomic E-state index is 0.590. The Bertz CT molecular complexity index is 3610. The second kappa shape index (κ2) is 14.7. The van der Waals surface area contributed by atoms with E-state index in [1.807, 2.05) is 24.3 Å². The average Bonchev–Trinajstić information content (AvgIpc) is 3.92. The Morgan fingerprint density at radius 1 is 0.371 bits per heavy atom. The van der Waals surface area contributed by atoms with Gasteiger partial charge in [-0.25, -0.2) is 19.5 Å². The molecule has 0 unspecified atom stereocenters. The van der Waals surface area contributed by atoms with E-state index in [9.17, 15) is 0 Å². The normalized spacial score (nSPS) is 11.5. The van der Waals surface area contributed by atoms with Gasteiger partial charge < -0.3 is 4.57 Å². The Morgan fingerprint density at radius 3 is 1.68 bits per heavy atom. The largest absolute Gasteiger partial charge is 0.309 e. The highest BCUT2D eigenvalue weighted by atomic mass is 15.2. The fourth-order valence-corrected chi connectivity index (χ4v) is 8.99. The van der Waals surface area contributed by atoms with Gasteiger partial charge in [-0.1, -0.05) is 182 Å². The lowest BCUT2D eigenvalue weighted by Gasteiger charge is -2.12. The zero-order valence-corrected chi connectivity index (χ0v) is 33.5. The summed E-state index contributed by atoms with van der Waals surface area (Å²) in [6.07, 6.45) is 0. The highest BCUT2D eigenvalue weighted by Gasteiger charge is 2.23. The molecule has 0 aliphatic rings. The summed E-state index contributed by atoms with van der Waals surface area (Å²) in [5.41, 5.74) is 13.2. The predicted molar refractivity (Wildman–Crippen MR) is 253 cm³/mol. The molecular weight excluding hydrogens is 757 g/mol. The van der Waals surface area contributed by atoms with E-state index in [2.05, 4.69) is 203 Å². The smallest absolute Gasteiger partial charge is 0.164 e. The molecule has 62 heavy (non-hydrogen) atoms. The second-order valence-electron chi connectivity index (χ2n) is 15.5. The number of fused-ring (bicyclic) bond motifs is 6. The zero-order valence-electron chi connectivity index (χ0n) is 33.5. The maximum absolute atomic E-state index is 5.45. The van der Waals surface area contributed by atoms with Crippen LogP contribution < -0.4 is 0 Å². The molecule has 6 heteroatoms. The van der Waals surface area contributed by atoms with Gasteiger partial charge in [-0.2, -0.15) is 5.10 Å². The summed E-state index contributed by atoms with van der Waals surface area (Å²) in [5, 5.41) is 9.95. The molecule has 290 valence electrons. The summed E-state index contributed by atoms with van der Waals surface area (Å²) < 4.78 is 4.45. The van der Waals surface area contributed by atoms with Crippen LogP contribution in [0.2, 0.25) is 0 Å². The van der Waals surface area contributed by atoms with Crippen LogP contribution in [-0.2, 0) is 0 Å². The average molecular weight is 793 g/mol. The van der Waals surface area contributed by atoms with Crippen LogP contribution in [0.15, 0.2) is 218 Å². The van der Waals surface area contributed by atoms with Gasteiger partial charge in [0.15, 0.2) is 17.5 Å². The predicted octanol–water partition coefficient (Wildman–Crippen LogP) is 13.8. The highest BCUT2D eigenvalue weighted by molar-refractivity contribution is 6.15. The topological polar surface area (TPSA) is 60.9 Å². The van der Waals surface area contributed by atoms with Crippen molar-refractivity contribution in [3.63, 3.8) is 0 Å². The summed E-state index contributed by atoms with van der Waals surface area (Å²) in [6.45, 7) is 0. The van der Waals surface area contributed by atoms with Crippen LogP contribution in [-0.4, -0.2) is 29.1 Å². The van der Waals surface area contributed by atoms with Gasteiger partial charge in [0.1, 0.15) is 5.69 Å². The van der Waals surface area contributed by atoms with E-state index >= 15 is 0 Å². The molecule has 0 radical (unpaired) electrons. The van der Waals surface area contributed by atoms with Crippen molar-refractivity contribution in [3.8, 4) is 73.5 Å². The van der Waals surface area contributed by atoms with Crippen LogP contribution in [0.4, 0.5) is 0 Å². The van der Waals surface area contributed by atoms with Gasteiger partial charge >= 0.3 is 0 Å². The van der Waals surface area contributed by atoms with Crippen molar-refractivity contribution in [3.05, 3.63) is 218 Å². The molecule has 0 saturated carbocycles. The molecule has 0 atom stereocenters. The van der Waals surface area contributed by atoms with E-state index < -0.39 is 0 Å². The lowest BCUT2D eigenvalue weighted by molar-refractivity contribution is 0.979. The van der Waals surface area contributed by atoms with Gasteiger partial charge in [-0.3, -0.25) is 0 Å². The Morgan fingerprint density at radius 2 is 0.919 bits per heavy atom. The van der Waals surface area contributed by atoms with E-state index in [1.54, 1.807) is 0 Å². The first-order valence-electron chi connectivity index (χ1n) is 20.8. The number of rotatable bonds is 7. The van der Waals surface area contributed by atoms with Gasteiger partial charge in [0, 0.05) is 55.2 Å². The molecule has 4 heterocycles. The lowest BCUT2D eigenvalue weighted by atomic mass is 9.95. The van der Waals surface area contributed by atoms with E-state index in [1.165, 1.54) is 0 Å². The molecule has 0 spiro atoms. The SMILES string of the molecule is c1ccc(-c2nc(-c3cccc(-c4c(-c5ccccc5)nn5c(-c6ccccc6)cc6ccccc6c45)c3)nc(-c3cccc4c3c3ccccc3n4-c3ccccc3)n2)cc1. The Labute approximate surface area is 357 Å². The number of hydrogen-bond acceptors (Lipinski definition) is 4. The number of hydrogen-bond donors (Lipinski definition) is 0. The van der Waals surface area contributed by atoms with Gasteiger partial charge in [0.2, 0.25) is 0 Å². The van der Waals surface area contributed by atoms with E-state index in [-0.39, 0.29) is 0 Å². The molecule has 12 aromatic rings. The summed E-state index contributed by atoms with van der Waals surface area (Å²) in [5.74, 6) is 1.81. The van der Waals surface area contributed by atoms with Gasteiger partial charge in [-0.15, -0.1) is 0 Å². The maximum Gasteiger partial charge on any atom is 0.164 e.